The highest BCUT2D eigenvalue weighted by atomic mass is 32.2. The number of sulfonamides is 1. The van der Waals surface area contributed by atoms with Crippen LogP contribution in [0.5, 0.6) is 0 Å². The number of nitrogens with one attached hydrogen (secondary N) is 1. The first kappa shape index (κ1) is 21.4. The SMILES string of the molecule is CCCc1cc(CCC)c(S(=O)(=O)NC2CCCCC2N)c(CCC)c1. The second kappa shape index (κ2) is 9.86. The summed E-state index contributed by atoms with van der Waals surface area (Å²) in [6, 6.07) is 4.00. The van der Waals surface area contributed by atoms with E-state index < -0.39 is 10.0 Å². The largest absolute Gasteiger partial charge is 0.326 e. The maximum atomic E-state index is 13.3. The Hall–Kier alpha value is -0.910. The van der Waals surface area contributed by atoms with Crippen LogP contribution in [0.4, 0.5) is 0 Å². The molecule has 2 atom stereocenters. The summed E-state index contributed by atoms with van der Waals surface area (Å²) in [7, 11) is -3.56. The normalized spacial score (nSPS) is 21.1. The van der Waals surface area contributed by atoms with Gasteiger partial charge in [-0.3, -0.25) is 0 Å². The summed E-state index contributed by atoms with van der Waals surface area (Å²) in [5.74, 6) is 0. The monoisotopic (exact) mass is 380 g/mol. The number of rotatable bonds is 9. The lowest BCUT2D eigenvalue weighted by atomic mass is 9.92. The van der Waals surface area contributed by atoms with Crippen molar-refractivity contribution >= 4 is 10.0 Å². The average molecular weight is 381 g/mol. The average Bonchev–Trinajstić information content (AvgIpc) is 2.57. The molecule has 0 aromatic heterocycles. The molecular formula is C21H36N2O2S. The molecule has 0 radical (unpaired) electrons. The maximum absolute atomic E-state index is 13.3. The van der Waals surface area contributed by atoms with Gasteiger partial charge in [0.25, 0.3) is 0 Å². The van der Waals surface area contributed by atoms with Crippen LogP contribution in [0.25, 0.3) is 0 Å². The molecule has 4 nitrogen and oxygen atoms in total. The molecule has 5 heteroatoms. The van der Waals surface area contributed by atoms with Crippen LogP contribution in [-0.2, 0) is 29.3 Å². The van der Waals surface area contributed by atoms with E-state index in [1.54, 1.807) is 0 Å². The lowest BCUT2D eigenvalue weighted by Gasteiger charge is -2.30. The number of hydrogen-bond donors (Lipinski definition) is 2. The first-order valence-corrected chi connectivity index (χ1v) is 11.8. The summed E-state index contributed by atoms with van der Waals surface area (Å²) < 4.78 is 29.6. The predicted octanol–water partition coefficient (Wildman–Crippen LogP) is 4.09. The van der Waals surface area contributed by atoms with E-state index in [9.17, 15) is 8.42 Å². The zero-order valence-corrected chi connectivity index (χ0v) is 17.5. The van der Waals surface area contributed by atoms with Crippen LogP contribution in [0.3, 0.4) is 0 Å². The minimum Gasteiger partial charge on any atom is -0.326 e. The second-order valence-electron chi connectivity index (χ2n) is 7.67. The predicted molar refractivity (Wildman–Crippen MR) is 109 cm³/mol. The zero-order valence-electron chi connectivity index (χ0n) is 16.7. The van der Waals surface area contributed by atoms with E-state index in [0.29, 0.717) is 4.90 Å². The summed E-state index contributed by atoms with van der Waals surface area (Å²) in [5.41, 5.74) is 9.39. The van der Waals surface area contributed by atoms with E-state index in [1.165, 1.54) is 5.56 Å². The number of nitrogens with two attached hydrogens (primary N) is 1. The first-order valence-electron chi connectivity index (χ1n) is 10.4. The van der Waals surface area contributed by atoms with Crippen molar-refractivity contribution in [2.75, 3.05) is 0 Å². The Kier molecular flexibility index (Phi) is 8.11. The first-order chi connectivity index (χ1) is 12.4. The van der Waals surface area contributed by atoms with Crippen molar-refractivity contribution in [1.29, 1.82) is 0 Å². The number of benzene rings is 1. The van der Waals surface area contributed by atoms with E-state index in [0.717, 1.165) is 75.3 Å². The molecular weight excluding hydrogens is 344 g/mol. The van der Waals surface area contributed by atoms with Gasteiger partial charge in [-0.2, -0.15) is 0 Å². The molecule has 148 valence electrons. The van der Waals surface area contributed by atoms with Crippen molar-refractivity contribution in [3.63, 3.8) is 0 Å². The van der Waals surface area contributed by atoms with Crippen LogP contribution in [0, 0.1) is 0 Å². The van der Waals surface area contributed by atoms with Crippen LogP contribution < -0.4 is 10.5 Å². The highest BCUT2D eigenvalue weighted by Crippen LogP contribution is 2.28. The Balaban J connectivity index is 2.45. The highest BCUT2D eigenvalue weighted by Gasteiger charge is 2.30. The van der Waals surface area contributed by atoms with Crippen molar-refractivity contribution < 1.29 is 8.42 Å². The molecule has 1 aliphatic carbocycles. The Morgan fingerprint density at radius 3 is 2.00 bits per heavy atom. The van der Waals surface area contributed by atoms with Crippen molar-refractivity contribution in [3.8, 4) is 0 Å². The van der Waals surface area contributed by atoms with Gasteiger partial charge in [-0.05, 0) is 48.8 Å². The van der Waals surface area contributed by atoms with Crippen LogP contribution in [-0.4, -0.2) is 20.5 Å². The summed E-state index contributed by atoms with van der Waals surface area (Å²) in [5, 5.41) is 0. The van der Waals surface area contributed by atoms with Gasteiger partial charge in [0.2, 0.25) is 10.0 Å². The standard InChI is InChI=1S/C21H36N2O2S/c1-4-9-16-14-17(10-5-2)21(18(15-16)11-6-3)26(24,25)23-20-13-8-7-12-19(20)22/h14-15,19-20,23H,4-13,22H2,1-3H3. The van der Waals surface area contributed by atoms with Gasteiger partial charge >= 0.3 is 0 Å². The third-order valence-corrected chi connectivity index (χ3v) is 6.95. The van der Waals surface area contributed by atoms with E-state index in [2.05, 4.69) is 37.6 Å². The molecule has 26 heavy (non-hydrogen) atoms. The maximum Gasteiger partial charge on any atom is 0.241 e. The summed E-state index contributed by atoms with van der Waals surface area (Å²) in [6.45, 7) is 6.37. The van der Waals surface area contributed by atoms with Crippen LogP contribution >= 0.6 is 0 Å². The molecule has 1 aromatic carbocycles. The van der Waals surface area contributed by atoms with Crippen molar-refractivity contribution in [2.45, 2.75) is 102 Å². The lowest BCUT2D eigenvalue weighted by molar-refractivity contribution is 0.361. The van der Waals surface area contributed by atoms with Crippen molar-refractivity contribution in [3.05, 3.63) is 28.8 Å². The topological polar surface area (TPSA) is 72.2 Å². The van der Waals surface area contributed by atoms with Gasteiger partial charge in [0, 0.05) is 12.1 Å². The van der Waals surface area contributed by atoms with Crippen molar-refractivity contribution in [2.24, 2.45) is 5.73 Å². The third-order valence-electron chi connectivity index (χ3n) is 5.27. The molecule has 0 heterocycles. The molecule has 1 fully saturated rings. The molecule has 2 rings (SSSR count). The van der Waals surface area contributed by atoms with E-state index in [1.807, 2.05) is 0 Å². The van der Waals surface area contributed by atoms with Gasteiger partial charge in [-0.1, -0.05) is 65.0 Å². The van der Waals surface area contributed by atoms with Gasteiger partial charge in [0.1, 0.15) is 0 Å². The van der Waals surface area contributed by atoms with Crippen molar-refractivity contribution in [1.82, 2.24) is 4.72 Å². The molecule has 1 aromatic rings. The number of hydrogen-bond acceptors (Lipinski definition) is 3. The fourth-order valence-corrected chi connectivity index (χ4v) is 5.90. The van der Waals surface area contributed by atoms with Gasteiger partial charge in [0.15, 0.2) is 0 Å². The fourth-order valence-electron chi connectivity index (χ4n) is 4.08. The molecule has 0 spiro atoms. The molecule has 0 saturated heterocycles. The highest BCUT2D eigenvalue weighted by molar-refractivity contribution is 7.89. The third kappa shape index (κ3) is 5.30. The molecule has 3 N–H and O–H groups in total. The molecule has 0 bridgehead atoms. The lowest BCUT2D eigenvalue weighted by Crippen LogP contribution is -2.49. The molecule has 0 amide bonds. The fraction of sp³-hybridized carbons (Fsp3) is 0.714. The van der Waals surface area contributed by atoms with Crippen LogP contribution in [0.2, 0.25) is 0 Å². The minimum atomic E-state index is -3.56. The van der Waals surface area contributed by atoms with Crippen LogP contribution in [0.15, 0.2) is 17.0 Å². The Labute approximate surface area is 160 Å². The van der Waals surface area contributed by atoms with E-state index >= 15 is 0 Å². The van der Waals surface area contributed by atoms with Gasteiger partial charge in [-0.15, -0.1) is 0 Å². The van der Waals surface area contributed by atoms with Gasteiger partial charge < -0.3 is 5.73 Å². The number of aryl methyl sites for hydroxylation is 3. The molecule has 1 saturated carbocycles. The summed E-state index contributed by atoms with van der Waals surface area (Å²) >= 11 is 0. The van der Waals surface area contributed by atoms with E-state index in [4.69, 9.17) is 5.73 Å². The Morgan fingerprint density at radius 2 is 1.50 bits per heavy atom. The molecule has 1 aliphatic rings. The summed E-state index contributed by atoms with van der Waals surface area (Å²) in [6.07, 6.45) is 9.38. The Morgan fingerprint density at radius 1 is 0.962 bits per heavy atom. The molecule has 2 unspecified atom stereocenters. The Bertz CT molecular complexity index is 658. The van der Waals surface area contributed by atoms with Gasteiger partial charge in [0.05, 0.1) is 4.90 Å². The molecule has 0 aliphatic heterocycles. The van der Waals surface area contributed by atoms with E-state index in [-0.39, 0.29) is 12.1 Å². The quantitative estimate of drug-likeness (QED) is 0.678. The second-order valence-corrected chi connectivity index (χ2v) is 9.32. The van der Waals surface area contributed by atoms with Gasteiger partial charge in [-0.25, -0.2) is 13.1 Å². The zero-order chi connectivity index (χ0) is 19.2. The summed E-state index contributed by atoms with van der Waals surface area (Å²) in [4.78, 5) is 0.527. The minimum absolute atomic E-state index is 0.0814. The smallest absolute Gasteiger partial charge is 0.241 e. The van der Waals surface area contributed by atoms with Crippen LogP contribution in [0.1, 0.15) is 82.4 Å².